The molecule has 1 aromatic carbocycles. The van der Waals surface area contributed by atoms with Crippen molar-refractivity contribution in [1.82, 2.24) is 5.32 Å². The first-order valence-corrected chi connectivity index (χ1v) is 5.48. The molecular weight excluding hydrogens is 202 g/mol. The van der Waals surface area contributed by atoms with E-state index >= 15 is 0 Å². The van der Waals surface area contributed by atoms with E-state index in [0.717, 1.165) is 18.7 Å². The smallest absolute Gasteiger partial charge is 0.290 e. The zero-order valence-electron chi connectivity index (χ0n) is 9.29. The molecule has 0 radical (unpaired) electrons. The lowest BCUT2D eigenvalue weighted by Gasteiger charge is -2.05. The third kappa shape index (κ3) is 2.39. The first kappa shape index (κ1) is 10.7. The molecule has 2 N–H and O–H groups in total. The molecule has 0 spiro atoms. The maximum atomic E-state index is 11.7. The quantitative estimate of drug-likeness (QED) is 0.799. The van der Waals surface area contributed by atoms with Crippen LogP contribution in [0.1, 0.15) is 12.5 Å². The Bertz CT molecular complexity index is 409. The van der Waals surface area contributed by atoms with Gasteiger partial charge in [0.25, 0.3) is 5.91 Å². The number of nitrogens with one attached hydrogen (secondary N) is 2. The second-order valence-electron chi connectivity index (χ2n) is 3.66. The predicted octanol–water partition coefficient (Wildman–Crippen LogP) is 1.19. The average Bonchev–Trinajstić information content (AvgIpc) is 2.83. The largest absolute Gasteiger partial charge is 0.364 e. The van der Waals surface area contributed by atoms with Crippen LogP contribution in [0.4, 0.5) is 5.69 Å². The second-order valence-corrected chi connectivity index (χ2v) is 3.66. The Labute approximate surface area is 94.8 Å². The molecule has 1 amide bonds. The predicted molar refractivity (Wildman–Crippen MR) is 64.8 cm³/mol. The molecule has 0 bridgehead atoms. The molecule has 0 saturated heterocycles. The standard InChI is InChI=1S/C12H15N3O/c1-2-9-3-5-10(6-4-9)15-12(16)11-13-7-8-14-11/h3-6H,2,7-8H2,1H3,(H,13,14)(H,15,16). The molecule has 0 fully saturated rings. The van der Waals surface area contributed by atoms with Crippen molar-refractivity contribution in [3.8, 4) is 0 Å². The summed E-state index contributed by atoms with van der Waals surface area (Å²) in [6.07, 6.45) is 1.00. The van der Waals surface area contributed by atoms with Gasteiger partial charge in [-0.25, -0.2) is 0 Å². The number of aliphatic imine (C=N–C) groups is 1. The highest BCUT2D eigenvalue weighted by Gasteiger charge is 2.14. The summed E-state index contributed by atoms with van der Waals surface area (Å²) in [5.41, 5.74) is 2.06. The van der Waals surface area contributed by atoms with Crippen molar-refractivity contribution in [2.45, 2.75) is 13.3 Å². The third-order valence-electron chi connectivity index (χ3n) is 2.51. The SMILES string of the molecule is CCc1ccc(NC(=O)C2=NCCN2)cc1. The first-order chi connectivity index (χ1) is 7.79. The van der Waals surface area contributed by atoms with E-state index in [-0.39, 0.29) is 5.91 Å². The Morgan fingerprint density at radius 2 is 2.19 bits per heavy atom. The normalized spacial score (nSPS) is 14.2. The lowest BCUT2D eigenvalue weighted by atomic mass is 10.1. The number of carbonyl (C=O) groups is 1. The number of anilines is 1. The Kier molecular flexibility index (Phi) is 3.19. The summed E-state index contributed by atoms with van der Waals surface area (Å²) < 4.78 is 0. The van der Waals surface area contributed by atoms with E-state index in [4.69, 9.17) is 0 Å². The van der Waals surface area contributed by atoms with Crippen molar-refractivity contribution in [3.05, 3.63) is 29.8 Å². The fourth-order valence-corrected chi connectivity index (χ4v) is 1.56. The Balaban J connectivity index is 2.00. The topological polar surface area (TPSA) is 53.5 Å². The number of amidine groups is 1. The number of benzene rings is 1. The van der Waals surface area contributed by atoms with Gasteiger partial charge < -0.3 is 10.6 Å². The first-order valence-electron chi connectivity index (χ1n) is 5.48. The molecule has 0 atom stereocenters. The van der Waals surface area contributed by atoms with Crippen LogP contribution in [0.3, 0.4) is 0 Å². The van der Waals surface area contributed by atoms with Crippen molar-refractivity contribution in [2.75, 3.05) is 18.4 Å². The zero-order valence-corrected chi connectivity index (χ0v) is 9.29. The monoisotopic (exact) mass is 217 g/mol. The van der Waals surface area contributed by atoms with Crippen molar-refractivity contribution in [2.24, 2.45) is 4.99 Å². The third-order valence-corrected chi connectivity index (χ3v) is 2.51. The van der Waals surface area contributed by atoms with Crippen LogP contribution in [0.2, 0.25) is 0 Å². The Morgan fingerprint density at radius 3 is 2.75 bits per heavy atom. The fraction of sp³-hybridized carbons (Fsp3) is 0.333. The van der Waals surface area contributed by atoms with Crippen LogP contribution in [-0.4, -0.2) is 24.8 Å². The van der Waals surface area contributed by atoms with Gasteiger partial charge in [-0.2, -0.15) is 0 Å². The number of aryl methyl sites for hydroxylation is 1. The molecule has 1 heterocycles. The van der Waals surface area contributed by atoms with Crippen LogP contribution >= 0.6 is 0 Å². The summed E-state index contributed by atoms with van der Waals surface area (Å²) in [4.78, 5) is 15.7. The van der Waals surface area contributed by atoms with Gasteiger partial charge in [-0.05, 0) is 24.1 Å². The molecule has 0 saturated carbocycles. The highest BCUT2D eigenvalue weighted by Crippen LogP contribution is 2.09. The van der Waals surface area contributed by atoms with Crippen molar-refractivity contribution in [3.63, 3.8) is 0 Å². The van der Waals surface area contributed by atoms with E-state index in [0.29, 0.717) is 12.4 Å². The van der Waals surface area contributed by atoms with Gasteiger partial charge >= 0.3 is 0 Å². The average molecular weight is 217 g/mol. The van der Waals surface area contributed by atoms with Gasteiger partial charge in [-0.3, -0.25) is 9.79 Å². The van der Waals surface area contributed by atoms with E-state index in [9.17, 15) is 4.79 Å². The number of rotatable bonds is 3. The summed E-state index contributed by atoms with van der Waals surface area (Å²) in [6.45, 7) is 3.53. The molecule has 1 aromatic rings. The molecule has 1 aliphatic rings. The molecule has 4 nitrogen and oxygen atoms in total. The number of nitrogens with zero attached hydrogens (tertiary/aromatic N) is 1. The van der Waals surface area contributed by atoms with E-state index in [2.05, 4.69) is 22.5 Å². The molecule has 0 aromatic heterocycles. The minimum atomic E-state index is -0.165. The minimum absolute atomic E-state index is 0.165. The van der Waals surface area contributed by atoms with Crippen molar-refractivity contribution >= 4 is 17.4 Å². The second kappa shape index (κ2) is 4.79. The fourth-order valence-electron chi connectivity index (χ4n) is 1.56. The number of hydrogen-bond donors (Lipinski definition) is 2. The number of amides is 1. The molecule has 0 aliphatic carbocycles. The summed E-state index contributed by atoms with van der Waals surface area (Å²) in [5.74, 6) is 0.265. The maximum Gasteiger partial charge on any atom is 0.290 e. The Morgan fingerprint density at radius 1 is 1.44 bits per heavy atom. The van der Waals surface area contributed by atoms with Gasteiger partial charge in [0, 0.05) is 12.2 Å². The van der Waals surface area contributed by atoms with E-state index in [1.54, 1.807) is 0 Å². The molecular formula is C12H15N3O. The van der Waals surface area contributed by atoms with Gasteiger partial charge in [-0.1, -0.05) is 19.1 Å². The number of carbonyl (C=O) groups excluding carboxylic acids is 1. The van der Waals surface area contributed by atoms with Gasteiger partial charge in [0.05, 0.1) is 6.54 Å². The van der Waals surface area contributed by atoms with Gasteiger partial charge in [0.15, 0.2) is 5.84 Å². The summed E-state index contributed by atoms with van der Waals surface area (Å²) in [5, 5.41) is 5.74. The number of hydrogen-bond acceptors (Lipinski definition) is 3. The molecule has 1 aliphatic heterocycles. The van der Waals surface area contributed by atoms with Crippen LogP contribution in [0.25, 0.3) is 0 Å². The minimum Gasteiger partial charge on any atom is -0.364 e. The lowest BCUT2D eigenvalue weighted by Crippen LogP contribution is -2.32. The van der Waals surface area contributed by atoms with E-state index < -0.39 is 0 Å². The van der Waals surface area contributed by atoms with Gasteiger partial charge in [0.2, 0.25) is 0 Å². The van der Waals surface area contributed by atoms with E-state index in [1.165, 1.54) is 5.56 Å². The van der Waals surface area contributed by atoms with Crippen molar-refractivity contribution < 1.29 is 4.79 Å². The Hall–Kier alpha value is -1.84. The molecule has 4 heteroatoms. The summed E-state index contributed by atoms with van der Waals surface area (Å²) in [6, 6.07) is 7.84. The summed E-state index contributed by atoms with van der Waals surface area (Å²) >= 11 is 0. The van der Waals surface area contributed by atoms with Crippen LogP contribution in [0.15, 0.2) is 29.3 Å². The molecule has 2 rings (SSSR count). The van der Waals surface area contributed by atoms with Crippen LogP contribution in [0, 0.1) is 0 Å². The van der Waals surface area contributed by atoms with Gasteiger partial charge in [-0.15, -0.1) is 0 Å². The van der Waals surface area contributed by atoms with E-state index in [1.807, 2.05) is 24.3 Å². The lowest BCUT2D eigenvalue weighted by molar-refractivity contribution is -0.110. The van der Waals surface area contributed by atoms with Crippen molar-refractivity contribution in [1.29, 1.82) is 0 Å². The zero-order chi connectivity index (χ0) is 11.4. The molecule has 0 unspecified atom stereocenters. The van der Waals surface area contributed by atoms with Gasteiger partial charge in [0.1, 0.15) is 0 Å². The highest BCUT2D eigenvalue weighted by atomic mass is 16.2. The maximum absolute atomic E-state index is 11.7. The highest BCUT2D eigenvalue weighted by molar-refractivity contribution is 6.42. The van der Waals surface area contributed by atoms with Crippen LogP contribution < -0.4 is 10.6 Å². The molecule has 16 heavy (non-hydrogen) atoms. The molecule has 84 valence electrons. The summed E-state index contributed by atoms with van der Waals surface area (Å²) in [7, 11) is 0. The van der Waals surface area contributed by atoms with Crippen LogP contribution in [0.5, 0.6) is 0 Å². The van der Waals surface area contributed by atoms with Crippen LogP contribution in [-0.2, 0) is 11.2 Å².